The van der Waals surface area contributed by atoms with Crippen LogP contribution in [0.15, 0.2) is 12.2 Å². The third kappa shape index (κ3) is 4.66. The van der Waals surface area contributed by atoms with Gasteiger partial charge in [-0.05, 0) is 27.2 Å². The van der Waals surface area contributed by atoms with Gasteiger partial charge in [-0.2, -0.15) is 0 Å². The van der Waals surface area contributed by atoms with Crippen molar-refractivity contribution in [3.63, 3.8) is 0 Å². The SMILES string of the molecule is CC(C)(C)OC(=O)N1CC=CC[C@@H]([C@H](O)CO)C1. The van der Waals surface area contributed by atoms with Crippen molar-refractivity contribution in [2.75, 3.05) is 19.7 Å². The van der Waals surface area contributed by atoms with Gasteiger partial charge in [-0.15, -0.1) is 0 Å². The number of carbonyl (C=O) groups excluding carboxylic acids is 1. The highest BCUT2D eigenvalue weighted by Gasteiger charge is 2.27. The Labute approximate surface area is 108 Å². The van der Waals surface area contributed by atoms with Crippen molar-refractivity contribution < 1.29 is 19.7 Å². The third-order valence-corrected chi connectivity index (χ3v) is 2.77. The average Bonchev–Trinajstić information content (AvgIpc) is 2.51. The summed E-state index contributed by atoms with van der Waals surface area (Å²) in [6.07, 6.45) is 3.27. The van der Waals surface area contributed by atoms with Gasteiger partial charge in [-0.25, -0.2) is 4.79 Å². The van der Waals surface area contributed by atoms with Crippen molar-refractivity contribution in [3.05, 3.63) is 12.2 Å². The summed E-state index contributed by atoms with van der Waals surface area (Å²) in [6.45, 7) is 6.03. The second kappa shape index (κ2) is 6.20. The largest absolute Gasteiger partial charge is 0.444 e. The van der Waals surface area contributed by atoms with Gasteiger partial charge in [-0.1, -0.05) is 12.2 Å². The highest BCUT2D eigenvalue weighted by atomic mass is 16.6. The average molecular weight is 257 g/mol. The Kier molecular flexibility index (Phi) is 5.16. The molecule has 0 saturated carbocycles. The van der Waals surface area contributed by atoms with Gasteiger partial charge in [0, 0.05) is 19.0 Å². The van der Waals surface area contributed by atoms with Gasteiger partial charge in [-0.3, -0.25) is 0 Å². The Hall–Kier alpha value is -1.07. The maximum Gasteiger partial charge on any atom is 0.410 e. The van der Waals surface area contributed by atoms with Gasteiger partial charge in [0.25, 0.3) is 0 Å². The Balaban J connectivity index is 2.65. The predicted molar refractivity (Wildman–Crippen MR) is 68.1 cm³/mol. The number of nitrogens with zero attached hydrogens (tertiary/aromatic N) is 1. The molecule has 104 valence electrons. The number of amides is 1. The smallest absolute Gasteiger partial charge is 0.410 e. The van der Waals surface area contributed by atoms with Gasteiger partial charge in [0.15, 0.2) is 0 Å². The lowest BCUT2D eigenvalue weighted by molar-refractivity contribution is 0.00873. The molecule has 5 nitrogen and oxygen atoms in total. The standard InChI is InChI=1S/C13H23NO4/c1-13(2,3)18-12(17)14-7-5-4-6-10(8-14)11(16)9-15/h4-5,10-11,15-16H,6-9H2,1-3H3/t10-,11-/m1/s1. The lowest BCUT2D eigenvalue weighted by Crippen LogP contribution is -2.41. The highest BCUT2D eigenvalue weighted by molar-refractivity contribution is 5.68. The van der Waals surface area contributed by atoms with E-state index < -0.39 is 11.7 Å². The van der Waals surface area contributed by atoms with Gasteiger partial charge in [0.2, 0.25) is 0 Å². The van der Waals surface area contributed by atoms with Gasteiger partial charge in [0.05, 0.1) is 12.7 Å². The molecule has 0 fully saturated rings. The van der Waals surface area contributed by atoms with Crippen molar-refractivity contribution in [1.82, 2.24) is 4.90 Å². The minimum absolute atomic E-state index is 0.152. The zero-order chi connectivity index (χ0) is 13.8. The molecule has 1 amide bonds. The molecule has 2 N–H and O–H groups in total. The van der Waals surface area contributed by atoms with E-state index in [1.807, 2.05) is 32.9 Å². The van der Waals surface area contributed by atoms with E-state index in [1.54, 1.807) is 4.90 Å². The van der Waals surface area contributed by atoms with Crippen LogP contribution in [0, 0.1) is 5.92 Å². The minimum atomic E-state index is -0.808. The summed E-state index contributed by atoms with van der Waals surface area (Å²) >= 11 is 0. The van der Waals surface area contributed by atoms with E-state index in [0.29, 0.717) is 19.5 Å². The normalized spacial score (nSPS) is 22.5. The summed E-state index contributed by atoms with van der Waals surface area (Å²) in [6, 6.07) is 0. The number of allylic oxidation sites excluding steroid dienone is 1. The topological polar surface area (TPSA) is 70.0 Å². The first kappa shape index (κ1) is 15.0. The van der Waals surface area contributed by atoms with Gasteiger partial charge in [0.1, 0.15) is 5.60 Å². The summed E-state index contributed by atoms with van der Waals surface area (Å²) in [7, 11) is 0. The van der Waals surface area contributed by atoms with Crippen LogP contribution in [0.25, 0.3) is 0 Å². The van der Waals surface area contributed by atoms with Crippen molar-refractivity contribution in [3.8, 4) is 0 Å². The fourth-order valence-corrected chi connectivity index (χ4v) is 1.81. The second-order valence-corrected chi connectivity index (χ2v) is 5.60. The number of aliphatic hydroxyl groups excluding tert-OH is 2. The van der Waals surface area contributed by atoms with Gasteiger partial charge < -0.3 is 19.8 Å². The molecule has 1 heterocycles. The summed E-state index contributed by atoms with van der Waals surface area (Å²) < 4.78 is 5.30. The van der Waals surface area contributed by atoms with Crippen LogP contribution in [0.1, 0.15) is 27.2 Å². The molecule has 1 aliphatic heterocycles. The predicted octanol–water partition coefficient (Wildman–Crippen LogP) is 1.15. The molecule has 18 heavy (non-hydrogen) atoms. The summed E-state index contributed by atoms with van der Waals surface area (Å²) in [4.78, 5) is 13.5. The summed E-state index contributed by atoms with van der Waals surface area (Å²) in [5, 5.41) is 18.7. The quantitative estimate of drug-likeness (QED) is 0.728. The fraction of sp³-hybridized carbons (Fsp3) is 0.769. The van der Waals surface area contributed by atoms with E-state index in [-0.39, 0.29) is 18.6 Å². The van der Waals surface area contributed by atoms with Crippen molar-refractivity contribution >= 4 is 6.09 Å². The van der Waals surface area contributed by atoms with Crippen LogP contribution in [0.3, 0.4) is 0 Å². The van der Waals surface area contributed by atoms with Crippen LogP contribution in [-0.4, -0.2) is 52.6 Å². The van der Waals surface area contributed by atoms with E-state index >= 15 is 0 Å². The number of ether oxygens (including phenoxy) is 1. The molecule has 0 aromatic carbocycles. The van der Waals surface area contributed by atoms with E-state index in [2.05, 4.69) is 0 Å². The van der Waals surface area contributed by atoms with E-state index in [9.17, 15) is 9.90 Å². The zero-order valence-electron chi connectivity index (χ0n) is 11.3. The molecular formula is C13H23NO4. The lowest BCUT2D eigenvalue weighted by Gasteiger charge is -2.29. The van der Waals surface area contributed by atoms with Crippen LogP contribution in [0.5, 0.6) is 0 Å². The molecule has 0 unspecified atom stereocenters. The Bertz CT molecular complexity index is 309. The molecule has 1 aliphatic rings. The Morgan fingerprint density at radius 1 is 1.50 bits per heavy atom. The molecule has 0 spiro atoms. The molecule has 0 aliphatic carbocycles. The first-order chi connectivity index (χ1) is 8.33. The maximum atomic E-state index is 11.9. The van der Waals surface area contributed by atoms with E-state index in [0.717, 1.165) is 0 Å². The lowest BCUT2D eigenvalue weighted by atomic mass is 9.99. The molecule has 0 aromatic rings. The van der Waals surface area contributed by atoms with Crippen LogP contribution in [-0.2, 0) is 4.74 Å². The highest BCUT2D eigenvalue weighted by Crippen LogP contribution is 2.18. The first-order valence-corrected chi connectivity index (χ1v) is 6.25. The van der Waals surface area contributed by atoms with Crippen LogP contribution < -0.4 is 0 Å². The summed E-state index contributed by atoms with van der Waals surface area (Å²) in [5.74, 6) is -0.152. The van der Waals surface area contributed by atoms with Crippen LogP contribution >= 0.6 is 0 Å². The zero-order valence-corrected chi connectivity index (χ0v) is 11.3. The van der Waals surface area contributed by atoms with Gasteiger partial charge >= 0.3 is 6.09 Å². The number of hydrogen-bond donors (Lipinski definition) is 2. The molecular weight excluding hydrogens is 234 g/mol. The maximum absolute atomic E-state index is 11.9. The molecule has 2 atom stereocenters. The molecule has 1 rings (SSSR count). The minimum Gasteiger partial charge on any atom is -0.444 e. The van der Waals surface area contributed by atoms with Crippen LogP contribution in [0.4, 0.5) is 4.79 Å². The molecule has 0 aromatic heterocycles. The first-order valence-electron chi connectivity index (χ1n) is 6.25. The van der Waals surface area contributed by atoms with Crippen molar-refractivity contribution in [2.24, 2.45) is 5.92 Å². The molecule has 5 heteroatoms. The van der Waals surface area contributed by atoms with Crippen LogP contribution in [0.2, 0.25) is 0 Å². The fourth-order valence-electron chi connectivity index (χ4n) is 1.81. The van der Waals surface area contributed by atoms with E-state index in [4.69, 9.17) is 9.84 Å². The molecule has 0 bridgehead atoms. The third-order valence-electron chi connectivity index (χ3n) is 2.77. The number of carbonyl (C=O) groups is 1. The van der Waals surface area contributed by atoms with E-state index in [1.165, 1.54) is 0 Å². The monoisotopic (exact) mass is 257 g/mol. The second-order valence-electron chi connectivity index (χ2n) is 5.60. The number of aliphatic hydroxyl groups is 2. The van der Waals surface area contributed by atoms with Crippen molar-refractivity contribution in [2.45, 2.75) is 38.9 Å². The number of hydrogen-bond acceptors (Lipinski definition) is 4. The van der Waals surface area contributed by atoms with Crippen molar-refractivity contribution in [1.29, 1.82) is 0 Å². The number of rotatable bonds is 2. The molecule has 0 saturated heterocycles. The summed E-state index contributed by atoms with van der Waals surface area (Å²) in [5.41, 5.74) is -0.530. The molecule has 0 radical (unpaired) electrons. The Morgan fingerprint density at radius 3 is 2.72 bits per heavy atom. The Morgan fingerprint density at radius 2 is 2.17 bits per heavy atom.